The molecule has 0 saturated carbocycles. The highest BCUT2D eigenvalue weighted by molar-refractivity contribution is 8.00. The summed E-state index contributed by atoms with van der Waals surface area (Å²) in [6.45, 7) is 0. The van der Waals surface area contributed by atoms with Gasteiger partial charge in [0.15, 0.2) is 0 Å². The second kappa shape index (κ2) is 5.58. The molecule has 3 nitrogen and oxygen atoms in total. The summed E-state index contributed by atoms with van der Waals surface area (Å²) in [5, 5.41) is 10.1. The van der Waals surface area contributed by atoms with Crippen molar-refractivity contribution in [3.8, 4) is 5.75 Å². The fraction of sp³-hybridized carbons (Fsp3) is 0.133. The molecular formula is C15H11ClFNO2S. The maximum atomic E-state index is 13.0. The van der Waals surface area contributed by atoms with E-state index in [1.165, 1.54) is 34.9 Å². The van der Waals surface area contributed by atoms with Crippen LogP contribution in [0.2, 0.25) is 5.02 Å². The van der Waals surface area contributed by atoms with Gasteiger partial charge in [0.2, 0.25) is 5.91 Å². The van der Waals surface area contributed by atoms with Crippen molar-refractivity contribution in [3.05, 3.63) is 58.9 Å². The van der Waals surface area contributed by atoms with Crippen LogP contribution in [0.25, 0.3) is 0 Å². The molecule has 3 rings (SSSR count). The van der Waals surface area contributed by atoms with Gasteiger partial charge in [-0.2, -0.15) is 0 Å². The molecule has 0 aliphatic carbocycles. The molecule has 0 spiro atoms. The Morgan fingerprint density at radius 1 is 1.24 bits per heavy atom. The predicted molar refractivity (Wildman–Crippen MR) is 82.2 cm³/mol. The van der Waals surface area contributed by atoms with Gasteiger partial charge in [-0.25, -0.2) is 4.39 Å². The SMILES string of the molecule is O=C1CSC(c2ccc(F)cc2)N1c1cc(Cl)ccc1O. The van der Waals surface area contributed by atoms with E-state index in [1.54, 1.807) is 24.3 Å². The van der Waals surface area contributed by atoms with E-state index in [1.807, 2.05) is 0 Å². The number of phenols is 1. The summed E-state index contributed by atoms with van der Waals surface area (Å²) in [6, 6.07) is 10.6. The Morgan fingerprint density at radius 2 is 1.95 bits per heavy atom. The first-order chi connectivity index (χ1) is 10.1. The Morgan fingerprint density at radius 3 is 2.67 bits per heavy atom. The predicted octanol–water partition coefficient (Wildman–Crippen LogP) is 3.96. The first-order valence-corrected chi connectivity index (χ1v) is 7.66. The third-order valence-corrected chi connectivity index (χ3v) is 4.67. The Bertz CT molecular complexity index is 693. The van der Waals surface area contributed by atoms with Gasteiger partial charge in [-0.05, 0) is 35.9 Å². The minimum atomic E-state index is -0.328. The van der Waals surface area contributed by atoms with Gasteiger partial charge < -0.3 is 5.11 Å². The molecule has 1 aliphatic heterocycles. The number of hydrogen-bond donors (Lipinski definition) is 1. The lowest BCUT2D eigenvalue weighted by atomic mass is 10.1. The van der Waals surface area contributed by atoms with Gasteiger partial charge in [0.05, 0.1) is 11.4 Å². The third kappa shape index (κ3) is 2.71. The number of carbonyl (C=O) groups excluding carboxylic acids is 1. The fourth-order valence-electron chi connectivity index (χ4n) is 2.25. The highest BCUT2D eigenvalue weighted by Gasteiger charge is 2.35. The van der Waals surface area contributed by atoms with Crippen LogP contribution in [0.3, 0.4) is 0 Å². The van der Waals surface area contributed by atoms with Gasteiger partial charge >= 0.3 is 0 Å². The van der Waals surface area contributed by atoms with Crippen molar-refractivity contribution < 1.29 is 14.3 Å². The van der Waals surface area contributed by atoms with E-state index in [4.69, 9.17) is 11.6 Å². The number of hydrogen-bond acceptors (Lipinski definition) is 3. The quantitative estimate of drug-likeness (QED) is 0.909. The Balaban J connectivity index is 2.03. The highest BCUT2D eigenvalue weighted by Crippen LogP contribution is 2.45. The Kier molecular flexibility index (Phi) is 3.78. The van der Waals surface area contributed by atoms with Crippen molar-refractivity contribution in [2.45, 2.75) is 5.37 Å². The number of amides is 1. The van der Waals surface area contributed by atoms with Crippen LogP contribution in [0.4, 0.5) is 10.1 Å². The van der Waals surface area contributed by atoms with E-state index in [0.717, 1.165) is 5.56 Å². The molecule has 6 heteroatoms. The summed E-state index contributed by atoms with van der Waals surface area (Å²) in [6.07, 6.45) is 0. The third-order valence-electron chi connectivity index (χ3n) is 3.22. The van der Waals surface area contributed by atoms with Gasteiger partial charge in [0.25, 0.3) is 0 Å². The van der Waals surface area contributed by atoms with E-state index < -0.39 is 0 Å². The number of benzene rings is 2. The number of halogens is 2. The zero-order valence-corrected chi connectivity index (χ0v) is 12.4. The van der Waals surface area contributed by atoms with Gasteiger partial charge in [0.1, 0.15) is 16.9 Å². The number of anilines is 1. The molecule has 0 radical (unpaired) electrons. The molecule has 1 fully saturated rings. The second-order valence-corrected chi connectivity index (χ2v) is 6.12. The maximum absolute atomic E-state index is 13.0. The number of carbonyl (C=O) groups is 1. The van der Waals surface area contributed by atoms with Crippen LogP contribution in [0, 0.1) is 5.82 Å². The first kappa shape index (κ1) is 14.2. The zero-order valence-electron chi connectivity index (χ0n) is 10.8. The lowest BCUT2D eigenvalue weighted by molar-refractivity contribution is -0.115. The van der Waals surface area contributed by atoms with Crippen molar-refractivity contribution in [2.24, 2.45) is 0 Å². The number of phenolic OH excluding ortho intramolecular Hbond substituents is 1. The average Bonchev–Trinajstić information content (AvgIpc) is 2.84. The minimum Gasteiger partial charge on any atom is -0.506 e. The van der Waals surface area contributed by atoms with Crippen molar-refractivity contribution in [2.75, 3.05) is 10.7 Å². The normalized spacial score (nSPS) is 18.3. The molecule has 1 aliphatic rings. The molecule has 108 valence electrons. The highest BCUT2D eigenvalue weighted by atomic mass is 35.5. The number of aromatic hydroxyl groups is 1. The van der Waals surface area contributed by atoms with E-state index in [-0.39, 0.29) is 22.8 Å². The van der Waals surface area contributed by atoms with Crippen LogP contribution in [0.15, 0.2) is 42.5 Å². The average molecular weight is 324 g/mol. The van der Waals surface area contributed by atoms with Crippen LogP contribution in [0.5, 0.6) is 5.75 Å². The van der Waals surface area contributed by atoms with Gasteiger partial charge in [-0.15, -0.1) is 11.8 Å². The molecule has 2 aromatic rings. The van der Waals surface area contributed by atoms with Crippen molar-refractivity contribution in [1.82, 2.24) is 0 Å². The molecule has 1 unspecified atom stereocenters. The van der Waals surface area contributed by atoms with Crippen molar-refractivity contribution in [1.29, 1.82) is 0 Å². The number of nitrogens with zero attached hydrogens (tertiary/aromatic N) is 1. The molecule has 21 heavy (non-hydrogen) atoms. The zero-order chi connectivity index (χ0) is 15.0. The lowest BCUT2D eigenvalue weighted by Crippen LogP contribution is -2.27. The topological polar surface area (TPSA) is 40.5 Å². The lowest BCUT2D eigenvalue weighted by Gasteiger charge is -2.25. The maximum Gasteiger partial charge on any atom is 0.238 e. The second-order valence-electron chi connectivity index (χ2n) is 4.61. The summed E-state index contributed by atoms with van der Waals surface area (Å²) in [5.41, 5.74) is 1.17. The Hall–Kier alpha value is -1.72. The van der Waals surface area contributed by atoms with Crippen LogP contribution in [-0.2, 0) is 4.79 Å². The molecule has 0 aromatic heterocycles. The van der Waals surface area contributed by atoms with Crippen LogP contribution in [-0.4, -0.2) is 16.8 Å². The number of thioether (sulfide) groups is 1. The van der Waals surface area contributed by atoms with Crippen molar-refractivity contribution in [3.63, 3.8) is 0 Å². The molecule has 1 saturated heterocycles. The van der Waals surface area contributed by atoms with Crippen LogP contribution in [0.1, 0.15) is 10.9 Å². The summed E-state index contributed by atoms with van der Waals surface area (Å²) >= 11 is 7.38. The largest absolute Gasteiger partial charge is 0.506 e. The smallest absolute Gasteiger partial charge is 0.238 e. The summed E-state index contributed by atoms with van der Waals surface area (Å²) in [7, 11) is 0. The van der Waals surface area contributed by atoms with Crippen LogP contribution < -0.4 is 4.90 Å². The molecule has 1 N–H and O–H groups in total. The summed E-state index contributed by atoms with van der Waals surface area (Å²) in [5.74, 6) is -0.159. The fourth-order valence-corrected chi connectivity index (χ4v) is 3.58. The van der Waals surface area contributed by atoms with E-state index >= 15 is 0 Å². The molecule has 1 amide bonds. The van der Waals surface area contributed by atoms with Crippen molar-refractivity contribution >= 4 is 35.0 Å². The van der Waals surface area contributed by atoms with Gasteiger partial charge in [0, 0.05) is 5.02 Å². The monoisotopic (exact) mass is 323 g/mol. The van der Waals surface area contributed by atoms with E-state index in [0.29, 0.717) is 16.5 Å². The molecule has 2 aromatic carbocycles. The molecule has 1 atom stereocenters. The minimum absolute atomic E-state index is 0.0117. The van der Waals surface area contributed by atoms with Gasteiger partial charge in [-0.3, -0.25) is 9.69 Å². The molecule has 0 bridgehead atoms. The van der Waals surface area contributed by atoms with Gasteiger partial charge in [-0.1, -0.05) is 23.7 Å². The summed E-state index contributed by atoms with van der Waals surface area (Å²) in [4.78, 5) is 13.7. The molecule has 1 heterocycles. The summed E-state index contributed by atoms with van der Waals surface area (Å²) < 4.78 is 13.0. The Labute approximate surface area is 130 Å². The van der Waals surface area contributed by atoms with E-state index in [2.05, 4.69) is 0 Å². The number of rotatable bonds is 2. The van der Waals surface area contributed by atoms with E-state index in [9.17, 15) is 14.3 Å². The molecular weight excluding hydrogens is 313 g/mol. The standard InChI is InChI=1S/C15H11ClFNO2S/c16-10-3-6-13(19)12(7-10)18-14(20)8-21-15(18)9-1-4-11(17)5-2-9/h1-7,15,19H,8H2. The van der Waals surface area contributed by atoms with Crippen LogP contribution >= 0.6 is 23.4 Å². The first-order valence-electron chi connectivity index (χ1n) is 6.24.